The predicted octanol–water partition coefficient (Wildman–Crippen LogP) is 3.40. The second-order valence-electron chi connectivity index (χ2n) is 7.30. The highest BCUT2D eigenvalue weighted by Crippen LogP contribution is 2.40. The molecule has 2 heterocycles. The Morgan fingerprint density at radius 3 is 2.38 bits per heavy atom. The third-order valence-electron chi connectivity index (χ3n) is 5.48. The fourth-order valence-electron chi connectivity index (χ4n) is 4.22. The van der Waals surface area contributed by atoms with Crippen molar-refractivity contribution in [2.24, 2.45) is 11.8 Å². The minimum atomic E-state index is -0.634. The van der Waals surface area contributed by atoms with Crippen LogP contribution in [-0.4, -0.2) is 40.7 Å². The second-order valence-corrected chi connectivity index (χ2v) is 7.30. The van der Waals surface area contributed by atoms with Crippen molar-refractivity contribution in [3.05, 3.63) is 53.9 Å². The normalized spacial score (nSPS) is 25.4. The molecule has 26 heavy (non-hydrogen) atoms. The molecule has 1 aromatic heterocycles. The number of para-hydroxylation sites is 1. The molecule has 3 atom stereocenters. The third kappa shape index (κ3) is 3.65. The molecule has 1 saturated carbocycles. The van der Waals surface area contributed by atoms with Gasteiger partial charge in [-0.15, -0.1) is 0 Å². The minimum absolute atomic E-state index is 0.114. The molecule has 1 N–H and O–H groups in total. The van der Waals surface area contributed by atoms with E-state index < -0.39 is 11.6 Å². The molecule has 0 spiro atoms. The van der Waals surface area contributed by atoms with Gasteiger partial charge in [-0.05, 0) is 48.9 Å². The summed E-state index contributed by atoms with van der Waals surface area (Å²) in [6, 6.07) is 7.31. The van der Waals surface area contributed by atoms with E-state index in [0.717, 1.165) is 44.6 Å². The van der Waals surface area contributed by atoms with E-state index in [4.69, 9.17) is 4.74 Å². The summed E-state index contributed by atoms with van der Waals surface area (Å²) < 4.78 is 33.1. The van der Waals surface area contributed by atoms with Crippen LogP contribution >= 0.6 is 0 Å². The average Bonchev–Trinajstić information content (AvgIpc) is 3.16. The van der Waals surface area contributed by atoms with Crippen molar-refractivity contribution in [3.63, 3.8) is 0 Å². The Morgan fingerprint density at radius 2 is 1.77 bits per heavy atom. The number of nitrogens with zero attached hydrogens (tertiary/aromatic N) is 2. The van der Waals surface area contributed by atoms with Gasteiger partial charge in [0.15, 0.2) is 17.4 Å². The summed E-state index contributed by atoms with van der Waals surface area (Å²) in [4.78, 5) is 6.64. The zero-order valence-electron chi connectivity index (χ0n) is 14.4. The SMILES string of the molecule is Oc1ccc(CCN2C[C@H]3CC(Oc4c(F)cccc4F)C[C@H]3C2)nc1. The molecule has 0 radical (unpaired) electrons. The lowest BCUT2D eigenvalue weighted by Crippen LogP contribution is -2.27. The molecule has 1 aromatic carbocycles. The fourth-order valence-corrected chi connectivity index (χ4v) is 4.22. The highest BCUT2D eigenvalue weighted by Gasteiger charge is 2.42. The van der Waals surface area contributed by atoms with E-state index in [2.05, 4.69) is 9.88 Å². The number of hydrogen-bond acceptors (Lipinski definition) is 4. The first-order valence-corrected chi connectivity index (χ1v) is 9.05. The largest absolute Gasteiger partial charge is 0.506 e. The van der Waals surface area contributed by atoms with Crippen molar-refractivity contribution in [1.82, 2.24) is 9.88 Å². The number of pyridine rings is 1. The zero-order valence-corrected chi connectivity index (χ0v) is 14.4. The van der Waals surface area contributed by atoms with Gasteiger partial charge in [0, 0.05) is 31.7 Å². The molecule has 0 amide bonds. The van der Waals surface area contributed by atoms with Gasteiger partial charge in [-0.3, -0.25) is 4.98 Å². The number of aromatic nitrogens is 1. The van der Waals surface area contributed by atoms with Crippen LogP contribution in [0, 0.1) is 23.5 Å². The van der Waals surface area contributed by atoms with Crippen molar-refractivity contribution < 1.29 is 18.6 Å². The maximum atomic E-state index is 13.7. The van der Waals surface area contributed by atoms with Gasteiger partial charge in [0.05, 0.1) is 12.3 Å². The monoisotopic (exact) mass is 360 g/mol. The van der Waals surface area contributed by atoms with Crippen molar-refractivity contribution >= 4 is 0 Å². The van der Waals surface area contributed by atoms with Crippen LogP contribution in [0.1, 0.15) is 18.5 Å². The standard InChI is InChI=1S/C20H22F2N2O2/c21-18-2-1-3-19(22)20(18)26-17-8-13-11-24(12-14(13)9-17)7-6-15-4-5-16(25)10-23-15/h1-5,10,13-14,17,25H,6-9,11-12H2/t13-,14+,17?. The Labute approximate surface area is 151 Å². The van der Waals surface area contributed by atoms with Gasteiger partial charge in [-0.2, -0.15) is 0 Å². The van der Waals surface area contributed by atoms with Gasteiger partial charge in [-0.25, -0.2) is 8.78 Å². The Kier molecular flexibility index (Phi) is 4.76. The van der Waals surface area contributed by atoms with E-state index in [0.29, 0.717) is 11.8 Å². The second kappa shape index (κ2) is 7.19. The number of ether oxygens (including phenoxy) is 1. The fraction of sp³-hybridized carbons (Fsp3) is 0.450. The van der Waals surface area contributed by atoms with E-state index in [1.807, 2.05) is 6.07 Å². The van der Waals surface area contributed by atoms with Crippen molar-refractivity contribution in [2.45, 2.75) is 25.4 Å². The van der Waals surface area contributed by atoms with E-state index in [1.54, 1.807) is 6.07 Å². The number of aromatic hydroxyl groups is 1. The summed E-state index contributed by atoms with van der Waals surface area (Å²) >= 11 is 0. The van der Waals surface area contributed by atoms with Gasteiger partial charge >= 0.3 is 0 Å². The first-order chi connectivity index (χ1) is 12.6. The van der Waals surface area contributed by atoms with Crippen LogP contribution in [0.5, 0.6) is 11.5 Å². The molecule has 1 aliphatic heterocycles. The Morgan fingerprint density at radius 1 is 1.08 bits per heavy atom. The number of hydrogen-bond donors (Lipinski definition) is 1. The third-order valence-corrected chi connectivity index (χ3v) is 5.48. The van der Waals surface area contributed by atoms with Crippen LogP contribution in [0.25, 0.3) is 0 Å². The molecule has 2 aliphatic rings. The van der Waals surface area contributed by atoms with Crippen LogP contribution in [-0.2, 0) is 6.42 Å². The van der Waals surface area contributed by atoms with Crippen molar-refractivity contribution in [2.75, 3.05) is 19.6 Å². The molecule has 6 heteroatoms. The quantitative estimate of drug-likeness (QED) is 0.888. The molecule has 4 nitrogen and oxygen atoms in total. The van der Waals surface area contributed by atoms with E-state index in [1.165, 1.54) is 24.4 Å². The number of likely N-dealkylation sites (tertiary alicyclic amines) is 1. The lowest BCUT2D eigenvalue weighted by molar-refractivity contribution is 0.171. The lowest BCUT2D eigenvalue weighted by Gasteiger charge is -2.20. The smallest absolute Gasteiger partial charge is 0.191 e. The zero-order chi connectivity index (χ0) is 18.1. The maximum absolute atomic E-state index is 13.7. The minimum Gasteiger partial charge on any atom is -0.506 e. The summed E-state index contributed by atoms with van der Waals surface area (Å²) in [5.74, 6) is -0.296. The van der Waals surface area contributed by atoms with Gasteiger partial charge < -0.3 is 14.7 Å². The molecule has 0 bridgehead atoms. The first kappa shape index (κ1) is 17.2. The molecule has 2 aromatic rings. The van der Waals surface area contributed by atoms with E-state index in [-0.39, 0.29) is 17.6 Å². The van der Waals surface area contributed by atoms with Gasteiger partial charge in [0.1, 0.15) is 5.75 Å². The highest BCUT2D eigenvalue weighted by molar-refractivity contribution is 5.26. The number of halogens is 2. The average molecular weight is 360 g/mol. The van der Waals surface area contributed by atoms with Crippen LogP contribution in [0.4, 0.5) is 8.78 Å². The molecule has 138 valence electrons. The summed E-state index contributed by atoms with van der Waals surface area (Å²) in [5, 5.41) is 9.28. The number of rotatable bonds is 5. The Balaban J connectivity index is 1.28. The highest BCUT2D eigenvalue weighted by atomic mass is 19.1. The molecule has 1 aliphatic carbocycles. The van der Waals surface area contributed by atoms with Crippen LogP contribution in [0.15, 0.2) is 36.5 Å². The summed E-state index contributed by atoms with van der Waals surface area (Å²) in [6.45, 7) is 2.91. The molecule has 1 saturated heterocycles. The summed E-state index contributed by atoms with van der Waals surface area (Å²) in [5.41, 5.74) is 0.969. The molecular formula is C20H22F2N2O2. The maximum Gasteiger partial charge on any atom is 0.191 e. The van der Waals surface area contributed by atoms with Gasteiger partial charge in [-0.1, -0.05) is 6.07 Å². The molecular weight excluding hydrogens is 338 g/mol. The summed E-state index contributed by atoms with van der Waals surface area (Å²) in [7, 11) is 0. The number of benzene rings is 1. The topological polar surface area (TPSA) is 45.6 Å². The first-order valence-electron chi connectivity index (χ1n) is 9.05. The van der Waals surface area contributed by atoms with Crippen LogP contribution in [0.2, 0.25) is 0 Å². The van der Waals surface area contributed by atoms with Gasteiger partial charge in [0.25, 0.3) is 0 Å². The molecule has 4 rings (SSSR count). The molecule has 2 fully saturated rings. The number of fused-ring (bicyclic) bond motifs is 1. The van der Waals surface area contributed by atoms with Crippen LogP contribution in [0.3, 0.4) is 0 Å². The Hall–Kier alpha value is -2.21. The van der Waals surface area contributed by atoms with Crippen molar-refractivity contribution in [1.29, 1.82) is 0 Å². The predicted molar refractivity (Wildman–Crippen MR) is 93.0 cm³/mol. The molecule has 1 unspecified atom stereocenters. The van der Waals surface area contributed by atoms with Crippen molar-refractivity contribution in [3.8, 4) is 11.5 Å². The Bertz CT molecular complexity index is 735. The summed E-state index contributed by atoms with van der Waals surface area (Å²) in [6.07, 6.45) is 3.88. The van der Waals surface area contributed by atoms with E-state index >= 15 is 0 Å². The van der Waals surface area contributed by atoms with E-state index in [9.17, 15) is 13.9 Å². The lowest BCUT2D eigenvalue weighted by atomic mass is 10.0. The van der Waals surface area contributed by atoms with Gasteiger partial charge in [0.2, 0.25) is 0 Å². The van der Waals surface area contributed by atoms with Crippen LogP contribution < -0.4 is 4.74 Å².